The lowest BCUT2D eigenvalue weighted by molar-refractivity contribution is 1.17. The summed E-state index contributed by atoms with van der Waals surface area (Å²) in [6.45, 7) is 2.18. The number of rotatable bonds is 1. The standard InChI is InChI=1S/C9H9NS/c1-2-7-6-11-9-8(7)4-3-5-10-9/h3-6H,2H2,1H3. The minimum atomic E-state index is 1.10. The number of pyridine rings is 1. The van der Waals surface area contributed by atoms with Crippen molar-refractivity contribution in [3.05, 3.63) is 29.3 Å². The molecule has 0 saturated carbocycles. The van der Waals surface area contributed by atoms with E-state index < -0.39 is 0 Å². The molecule has 0 atom stereocenters. The Hall–Kier alpha value is -0.890. The van der Waals surface area contributed by atoms with Crippen LogP contribution in [0.5, 0.6) is 0 Å². The number of aromatic nitrogens is 1. The van der Waals surface area contributed by atoms with Gasteiger partial charge in [0.1, 0.15) is 4.83 Å². The van der Waals surface area contributed by atoms with Crippen LogP contribution in [-0.2, 0) is 6.42 Å². The van der Waals surface area contributed by atoms with E-state index in [9.17, 15) is 0 Å². The van der Waals surface area contributed by atoms with E-state index in [1.807, 2.05) is 12.3 Å². The lowest BCUT2D eigenvalue weighted by Crippen LogP contribution is -1.75. The molecule has 0 unspecified atom stereocenters. The fourth-order valence-corrected chi connectivity index (χ4v) is 2.19. The second-order valence-electron chi connectivity index (χ2n) is 2.47. The Morgan fingerprint density at radius 2 is 2.45 bits per heavy atom. The normalized spacial score (nSPS) is 10.6. The van der Waals surface area contributed by atoms with Crippen LogP contribution in [0.2, 0.25) is 0 Å². The van der Waals surface area contributed by atoms with E-state index in [-0.39, 0.29) is 0 Å². The smallest absolute Gasteiger partial charge is 0.123 e. The number of nitrogens with zero attached hydrogens (tertiary/aromatic N) is 1. The van der Waals surface area contributed by atoms with Crippen molar-refractivity contribution in [3.8, 4) is 0 Å². The quantitative estimate of drug-likeness (QED) is 0.630. The van der Waals surface area contributed by atoms with Crippen LogP contribution in [0.1, 0.15) is 12.5 Å². The maximum Gasteiger partial charge on any atom is 0.123 e. The Labute approximate surface area is 69.7 Å². The largest absolute Gasteiger partial charge is 0.245 e. The van der Waals surface area contributed by atoms with Gasteiger partial charge in [-0.25, -0.2) is 4.98 Å². The summed E-state index contributed by atoms with van der Waals surface area (Å²) in [6, 6.07) is 4.13. The van der Waals surface area contributed by atoms with Crippen molar-refractivity contribution in [2.45, 2.75) is 13.3 Å². The number of hydrogen-bond donors (Lipinski definition) is 0. The van der Waals surface area contributed by atoms with Crippen LogP contribution in [0.4, 0.5) is 0 Å². The molecule has 11 heavy (non-hydrogen) atoms. The minimum Gasteiger partial charge on any atom is -0.245 e. The summed E-state index contributed by atoms with van der Waals surface area (Å²) in [7, 11) is 0. The van der Waals surface area contributed by atoms with Crippen LogP contribution in [0, 0.1) is 0 Å². The molecule has 0 N–H and O–H groups in total. The fraction of sp³-hybridized carbons (Fsp3) is 0.222. The maximum atomic E-state index is 4.27. The van der Waals surface area contributed by atoms with Gasteiger partial charge in [-0.3, -0.25) is 0 Å². The van der Waals surface area contributed by atoms with Crippen molar-refractivity contribution in [2.75, 3.05) is 0 Å². The molecule has 0 bridgehead atoms. The molecular formula is C9H9NS. The monoisotopic (exact) mass is 163 g/mol. The number of fused-ring (bicyclic) bond motifs is 1. The van der Waals surface area contributed by atoms with Gasteiger partial charge in [-0.2, -0.15) is 0 Å². The van der Waals surface area contributed by atoms with Crippen LogP contribution in [0.3, 0.4) is 0 Å². The van der Waals surface area contributed by atoms with Crippen LogP contribution >= 0.6 is 11.3 Å². The van der Waals surface area contributed by atoms with Gasteiger partial charge in [-0.15, -0.1) is 11.3 Å². The van der Waals surface area contributed by atoms with Gasteiger partial charge in [-0.05, 0) is 23.4 Å². The van der Waals surface area contributed by atoms with E-state index in [0.29, 0.717) is 0 Å². The summed E-state index contributed by atoms with van der Waals surface area (Å²) in [4.78, 5) is 5.43. The fourth-order valence-electron chi connectivity index (χ4n) is 1.19. The molecule has 0 aromatic carbocycles. The summed E-state index contributed by atoms with van der Waals surface area (Å²) in [5, 5.41) is 3.51. The van der Waals surface area contributed by atoms with Crippen molar-refractivity contribution >= 4 is 21.6 Å². The lowest BCUT2D eigenvalue weighted by Gasteiger charge is -1.90. The SMILES string of the molecule is CCc1csc2ncccc12. The molecular weight excluding hydrogens is 154 g/mol. The van der Waals surface area contributed by atoms with Crippen LogP contribution in [-0.4, -0.2) is 4.98 Å². The second kappa shape index (κ2) is 2.62. The van der Waals surface area contributed by atoms with Gasteiger partial charge in [0.05, 0.1) is 0 Å². The van der Waals surface area contributed by atoms with E-state index in [1.165, 1.54) is 10.9 Å². The predicted octanol–water partition coefficient (Wildman–Crippen LogP) is 2.86. The molecule has 0 aliphatic carbocycles. The average Bonchev–Trinajstić information content (AvgIpc) is 2.47. The second-order valence-corrected chi connectivity index (χ2v) is 3.33. The Bertz CT molecular complexity index is 364. The summed E-state index contributed by atoms with van der Waals surface area (Å²) in [5.74, 6) is 0. The molecule has 0 radical (unpaired) electrons. The molecule has 0 spiro atoms. The lowest BCUT2D eigenvalue weighted by atomic mass is 10.2. The van der Waals surface area contributed by atoms with Gasteiger partial charge in [0, 0.05) is 11.6 Å². The zero-order valence-electron chi connectivity index (χ0n) is 6.37. The van der Waals surface area contributed by atoms with Crippen molar-refractivity contribution in [3.63, 3.8) is 0 Å². The van der Waals surface area contributed by atoms with Gasteiger partial charge in [0.15, 0.2) is 0 Å². The molecule has 0 aliphatic heterocycles. The Balaban J connectivity index is 2.76. The zero-order valence-corrected chi connectivity index (χ0v) is 7.19. The molecule has 2 heterocycles. The Morgan fingerprint density at radius 1 is 1.55 bits per heavy atom. The number of thiophene rings is 1. The molecule has 0 saturated heterocycles. The van der Waals surface area contributed by atoms with Gasteiger partial charge in [-0.1, -0.05) is 13.0 Å². The third-order valence-corrected chi connectivity index (χ3v) is 2.76. The zero-order chi connectivity index (χ0) is 7.68. The third-order valence-electron chi connectivity index (χ3n) is 1.81. The highest BCUT2D eigenvalue weighted by molar-refractivity contribution is 7.16. The summed E-state index contributed by atoms with van der Waals surface area (Å²) < 4.78 is 0. The minimum absolute atomic E-state index is 1.10. The van der Waals surface area contributed by atoms with E-state index in [0.717, 1.165) is 11.3 Å². The van der Waals surface area contributed by atoms with Crippen LogP contribution in [0.15, 0.2) is 23.7 Å². The predicted molar refractivity (Wildman–Crippen MR) is 49.0 cm³/mol. The molecule has 2 rings (SSSR count). The molecule has 0 aliphatic rings. The maximum absolute atomic E-state index is 4.27. The van der Waals surface area contributed by atoms with Gasteiger partial charge in [0.25, 0.3) is 0 Å². The van der Waals surface area contributed by atoms with Gasteiger partial charge >= 0.3 is 0 Å². The first-order valence-electron chi connectivity index (χ1n) is 3.73. The van der Waals surface area contributed by atoms with Gasteiger partial charge in [0.2, 0.25) is 0 Å². The first kappa shape index (κ1) is 6.80. The molecule has 56 valence electrons. The van der Waals surface area contributed by atoms with E-state index >= 15 is 0 Å². The summed E-state index contributed by atoms with van der Waals surface area (Å²) in [6.07, 6.45) is 2.95. The van der Waals surface area contributed by atoms with Gasteiger partial charge < -0.3 is 0 Å². The number of aryl methyl sites for hydroxylation is 1. The van der Waals surface area contributed by atoms with E-state index in [4.69, 9.17) is 0 Å². The molecule has 2 aromatic heterocycles. The Kier molecular flexibility index (Phi) is 1.62. The highest BCUT2D eigenvalue weighted by Crippen LogP contribution is 2.23. The van der Waals surface area contributed by atoms with Crippen LogP contribution in [0.25, 0.3) is 10.2 Å². The summed E-state index contributed by atoms with van der Waals surface area (Å²) >= 11 is 1.73. The highest BCUT2D eigenvalue weighted by atomic mass is 32.1. The topological polar surface area (TPSA) is 12.9 Å². The number of hydrogen-bond acceptors (Lipinski definition) is 2. The van der Waals surface area contributed by atoms with Crippen molar-refractivity contribution < 1.29 is 0 Å². The molecule has 1 nitrogen and oxygen atoms in total. The first-order valence-corrected chi connectivity index (χ1v) is 4.61. The van der Waals surface area contributed by atoms with Crippen LogP contribution < -0.4 is 0 Å². The van der Waals surface area contributed by atoms with E-state index in [2.05, 4.69) is 23.4 Å². The van der Waals surface area contributed by atoms with Crippen molar-refractivity contribution in [1.82, 2.24) is 4.98 Å². The third kappa shape index (κ3) is 1.03. The Morgan fingerprint density at radius 3 is 3.27 bits per heavy atom. The molecule has 0 fully saturated rings. The molecule has 0 amide bonds. The molecule has 2 aromatic rings. The highest BCUT2D eigenvalue weighted by Gasteiger charge is 2.00. The van der Waals surface area contributed by atoms with Crippen molar-refractivity contribution in [1.29, 1.82) is 0 Å². The average molecular weight is 163 g/mol. The first-order chi connectivity index (χ1) is 5.42. The van der Waals surface area contributed by atoms with E-state index in [1.54, 1.807) is 11.3 Å². The van der Waals surface area contributed by atoms with Crippen molar-refractivity contribution in [2.24, 2.45) is 0 Å². The molecule has 2 heteroatoms. The summed E-state index contributed by atoms with van der Waals surface area (Å²) in [5.41, 5.74) is 1.41.